The Labute approximate surface area is 195 Å². The van der Waals surface area contributed by atoms with Gasteiger partial charge in [-0.15, -0.1) is 0 Å². The van der Waals surface area contributed by atoms with E-state index >= 15 is 0 Å². The standard InChI is InChI=1S/C30H20BrN/c31-23-17-14-21(15-18-23)25-10-4-5-11-26(25)22-16-19-28-27-12-6-7-13-29(27)32(30(28)20-22)24-8-2-1-3-9-24/h1-20H. The van der Waals surface area contributed by atoms with Crippen LogP contribution in [-0.2, 0) is 0 Å². The maximum absolute atomic E-state index is 3.55. The molecule has 0 amide bonds. The Morgan fingerprint density at radius 2 is 1.06 bits per heavy atom. The highest BCUT2D eigenvalue weighted by Gasteiger charge is 2.14. The number of benzene rings is 5. The van der Waals surface area contributed by atoms with Crippen molar-refractivity contribution in [3.63, 3.8) is 0 Å². The summed E-state index contributed by atoms with van der Waals surface area (Å²) in [4.78, 5) is 0. The van der Waals surface area contributed by atoms with Gasteiger partial charge in [-0.25, -0.2) is 0 Å². The molecule has 1 aromatic heterocycles. The first-order chi connectivity index (χ1) is 15.8. The molecule has 1 nitrogen and oxygen atoms in total. The number of aromatic nitrogens is 1. The average Bonchev–Trinajstić information content (AvgIpc) is 3.19. The van der Waals surface area contributed by atoms with Gasteiger partial charge in [0.15, 0.2) is 0 Å². The molecule has 6 aromatic rings. The van der Waals surface area contributed by atoms with Crippen molar-refractivity contribution in [1.29, 1.82) is 0 Å². The summed E-state index contributed by atoms with van der Waals surface area (Å²) in [6.45, 7) is 0. The second-order valence-corrected chi connectivity index (χ2v) is 8.89. The Morgan fingerprint density at radius 1 is 0.469 bits per heavy atom. The van der Waals surface area contributed by atoms with Gasteiger partial charge in [-0.1, -0.05) is 101 Å². The van der Waals surface area contributed by atoms with E-state index in [4.69, 9.17) is 0 Å². The highest BCUT2D eigenvalue weighted by Crippen LogP contribution is 2.37. The molecule has 5 aromatic carbocycles. The van der Waals surface area contributed by atoms with Crippen LogP contribution in [0.3, 0.4) is 0 Å². The Hall–Kier alpha value is -3.62. The molecule has 0 saturated carbocycles. The van der Waals surface area contributed by atoms with E-state index in [0.29, 0.717) is 0 Å². The van der Waals surface area contributed by atoms with Gasteiger partial charge < -0.3 is 4.57 Å². The molecule has 32 heavy (non-hydrogen) atoms. The van der Waals surface area contributed by atoms with Crippen molar-refractivity contribution >= 4 is 37.7 Å². The number of para-hydroxylation sites is 2. The molecule has 0 aliphatic carbocycles. The predicted octanol–water partition coefficient (Wildman–Crippen LogP) is 8.88. The molecule has 0 atom stereocenters. The van der Waals surface area contributed by atoms with Gasteiger partial charge in [-0.2, -0.15) is 0 Å². The van der Waals surface area contributed by atoms with Crippen molar-refractivity contribution in [2.75, 3.05) is 0 Å². The van der Waals surface area contributed by atoms with E-state index in [1.54, 1.807) is 0 Å². The van der Waals surface area contributed by atoms with Crippen LogP contribution >= 0.6 is 15.9 Å². The SMILES string of the molecule is Brc1ccc(-c2ccccc2-c2ccc3c4ccccc4n(-c4ccccc4)c3c2)cc1. The van der Waals surface area contributed by atoms with E-state index in [-0.39, 0.29) is 0 Å². The van der Waals surface area contributed by atoms with E-state index in [1.165, 1.54) is 49.7 Å². The quantitative estimate of drug-likeness (QED) is 0.241. The van der Waals surface area contributed by atoms with Crippen LogP contribution in [0, 0.1) is 0 Å². The summed E-state index contributed by atoms with van der Waals surface area (Å²) in [5.41, 5.74) is 8.54. The molecular formula is C30H20BrN. The zero-order valence-electron chi connectivity index (χ0n) is 17.4. The van der Waals surface area contributed by atoms with Gasteiger partial charge in [-0.3, -0.25) is 0 Å². The van der Waals surface area contributed by atoms with E-state index in [9.17, 15) is 0 Å². The smallest absolute Gasteiger partial charge is 0.0547 e. The maximum Gasteiger partial charge on any atom is 0.0547 e. The van der Waals surface area contributed by atoms with Crippen LogP contribution in [-0.4, -0.2) is 4.57 Å². The third-order valence-corrected chi connectivity index (χ3v) is 6.61. The normalized spacial score (nSPS) is 11.3. The van der Waals surface area contributed by atoms with Crippen LogP contribution in [0.25, 0.3) is 49.7 Å². The van der Waals surface area contributed by atoms with Gasteiger partial charge in [0.2, 0.25) is 0 Å². The minimum Gasteiger partial charge on any atom is -0.309 e. The summed E-state index contributed by atoms with van der Waals surface area (Å²) in [6.07, 6.45) is 0. The minimum absolute atomic E-state index is 1.09. The van der Waals surface area contributed by atoms with Crippen molar-refractivity contribution in [3.8, 4) is 27.9 Å². The molecule has 0 N–H and O–H groups in total. The molecule has 2 heteroatoms. The molecule has 1 heterocycles. The summed E-state index contributed by atoms with van der Waals surface area (Å²) >= 11 is 3.55. The number of fused-ring (bicyclic) bond motifs is 3. The van der Waals surface area contributed by atoms with Crippen molar-refractivity contribution in [1.82, 2.24) is 4.57 Å². The fourth-order valence-corrected chi connectivity index (χ4v) is 4.87. The minimum atomic E-state index is 1.09. The van der Waals surface area contributed by atoms with Crippen molar-refractivity contribution in [3.05, 3.63) is 126 Å². The maximum atomic E-state index is 3.55. The third kappa shape index (κ3) is 3.16. The van der Waals surface area contributed by atoms with E-state index in [2.05, 4.69) is 142 Å². The lowest BCUT2D eigenvalue weighted by molar-refractivity contribution is 1.18. The molecule has 0 spiro atoms. The molecule has 0 unspecified atom stereocenters. The molecule has 0 radical (unpaired) electrons. The lowest BCUT2D eigenvalue weighted by Crippen LogP contribution is -1.93. The lowest BCUT2D eigenvalue weighted by atomic mass is 9.94. The number of halogens is 1. The monoisotopic (exact) mass is 473 g/mol. The fraction of sp³-hybridized carbons (Fsp3) is 0. The Morgan fingerprint density at radius 3 is 1.84 bits per heavy atom. The molecule has 0 saturated heterocycles. The molecule has 0 fully saturated rings. The van der Waals surface area contributed by atoms with Gasteiger partial charge >= 0.3 is 0 Å². The van der Waals surface area contributed by atoms with Gasteiger partial charge in [0, 0.05) is 20.9 Å². The largest absolute Gasteiger partial charge is 0.309 e. The van der Waals surface area contributed by atoms with Gasteiger partial charge in [0.1, 0.15) is 0 Å². The summed E-state index contributed by atoms with van der Waals surface area (Å²) in [5, 5.41) is 2.55. The topological polar surface area (TPSA) is 4.93 Å². The Balaban J connectivity index is 1.62. The number of hydrogen-bond donors (Lipinski definition) is 0. The first-order valence-electron chi connectivity index (χ1n) is 10.7. The molecule has 0 bridgehead atoms. The van der Waals surface area contributed by atoms with Crippen molar-refractivity contribution in [2.24, 2.45) is 0 Å². The first-order valence-corrected chi connectivity index (χ1v) is 11.5. The van der Waals surface area contributed by atoms with Crippen molar-refractivity contribution in [2.45, 2.75) is 0 Å². The zero-order chi connectivity index (χ0) is 21.5. The van der Waals surface area contributed by atoms with E-state index in [0.717, 1.165) is 4.47 Å². The van der Waals surface area contributed by atoms with Crippen LogP contribution in [0.2, 0.25) is 0 Å². The van der Waals surface area contributed by atoms with Crippen LogP contribution in [0.15, 0.2) is 126 Å². The molecule has 0 aliphatic rings. The van der Waals surface area contributed by atoms with Crippen molar-refractivity contribution < 1.29 is 0 Å². The highest BCUT2D eigenvalue weighted by atomic mass is 79.9. The number of rotatable bonds is 3. The van der Waals surface area contributed by atoms with Crippen LogP contribution < -0.4 is 0 Å². The number of nitrogens with zero attached hydrogens (tertiary/aromatic N) is 1. The molecule has 152 valence electrons. The molecular weight excluding hydrogens is 454 g/mol. The van der Waals surface area contributed by atoms with Crippen LogP contribution in [0.4, 0.5) is 0 Å². The zero-order valence-corrected chi connectivity index (χ0v) is 19.0. The summed E-state index contributed by atoms with van der Waals surface area (Å²) in [5.74, 6) is 0. The van der Waals surface area contributed by atoms with Gasteiger partial charge in [0.05, 0.1) is 11.0 Å². The van der Waals surface area contributed by atoms with Gasteiger partial charge in [-0.05, 0) is 58.7 Å². The summed E-state index contributed by atoms with van der Waals surface area (Å²) in [7, 11) is 0. The number of hydrogen-bond acceptors (Lipinski definition) is 0. The summed E-state index contributed by atoms with van der Waals surface area (Å²) < 4.78 is 3.46. The van der Waals surface area contributed by atoms with Crippen LogP contribution in [0.5, 0.6) is 0 Å². The highest BCUT2D eigenvalue weighted by molar-refractivity contribution is 9.10. The fourth-order valence-electron chi connectivity index (χ4n) is 4.61. The molecule has 6 rings (SSSR count). The predicted molar refractivity (Wildman–Crippen MR) is 139 cm³/mol. The average molecular weight is 474 g/mol. The first kappa shape index (κ1) is 19.1. The Bertz CT molecular complexity index is 1560. The Kier molecular flexibility index (Phi) is 4.66. The lowest BCUT2D eigenvalue weighted by Gasteiger charge is -2.12. The second kappa shape index (κ2) is 7.81. The van der Waals surface area contributed by atoms with E-state index < -0.39 is 0 Å². The van der Waals surface area contributed by atoms with E-state index in [1.807, 2.05) is 0 Å². The van der Waals surface area contributed by atoms with Crippen LogP contribution in [0.1, 0.15) is 0 Å². The second-order valence-electron chi connectivity index (χ2n) is 7.97. The third-order valence-electron chi connectivity index (χ3n) is 6.08. The molecule has 0 aliphatic heterocycles. The van der Waals surface area contributed by atoms with Gasteiger partial charge in [0.25, 0.3) is 0 Å². The summed E-state index contributed by atoms with van der Waals surface area (Å²) in [6, 6.07) is 43.3.